The number of hydrogen-bond acceptors (Lipinski definition) is 3. The van der Waals surface area contributed by atoms with Crippen molar-refractivity contribution in [2.24, 2.45) is 5.92 Å². The average Bonchev–Trinajstić information content (AvgIpc) is 2.35. The lowest BCUT2D eigenvalue weighted by Crippen LogP contribution is -2.18. The lowest BCUT2D eigenvalue weighted by Gasteiger charge is -2.17. The van der Waals surface area contributed by atoms with Crippen LogP contribution in [0.25, 0.3) is 0 Å². The second kappa shape index (κ2) is 5.44. The van der Waals surface area contributed by atoms with Crippen LogP contribution in [0.4, 0.5) is 5.69 Å². The summed E-state index contributed by atoms with van der Waals surface area (Å²) in [7, 11) is 0. The molecule has 0 fully saturated rings. The number of carbonyl (C=O) groups excluding carboxylic acids is 1. The Balaban J connectivity index is 2.03. The minimum Gasteiger partial charge on any atom is -0.481 e. The molecule has 5 heteroatoms. The van der Waals surface area contributed by atoms with Crippen LogP contribution in [0.5, 0.6) is 0 Å². The molecule has 1 aliphatic rings. The summed E-state index contributed by atoms with van der Waals surface area (Å²) in [6.07, 6.45) is 1.27. The van der Waals surface area contributed by atoms with E-state index in [1.807, 2.05) is 18.2 Å². The monoisotopic (exact) mass is 265 g/mol. The Labute approximate surface area is 110 Å². The lowest BCUT2D eigenvalue weighted by atomic mass is 10.0. The molecule has 1 atom stereocenters. The third-order valence-corrected chi connectivity index (χ3v) is 4.15. The van der Waals surface area contributed by atoms with Crippen LogP contribution in [0.2, 0.25) is 0 Å². The predicted molar refractivity (Wildman–Crippen MR) is 70.9 cm³/mol. The van der Waals surface area contributed by atoms with Gasteiger partial charge in [-0.3, -0.25) is 9.59 Å². The molecule has 4 nitrogen and oxygen atoms in total. The number of fused-ring (bicyclic) bond motifs is 1. The first-order chi connectivity index (χ1) is 8.56. The number of benzene rings is 1. The van der Waals surface area contributed by atoms with E-state index in [0.29, 0.717) is 12.2 Å². The first-order valence-electron chi connectivity index (χ1n) is 5.84. The summed E-state index contributed by atoms with van der Waals surface area (Å²) >= 11 is 1.54. The fraction of sp³-hybridized carbons (Fsp3) is 0.385. The normalized spacial score (nSPS) is 15.7. The highest BCUT2D eigenvalue weighted by Crippen LogP contribution is 2.29. The number of aryl methyl sites for hydroxylation is 1. The Morgan fingerprint density at radius 2 is 2.28 bits per heavy atom. The molecule has 1 heterocycles. The number of carbonyl (C=O) groups is 2. The zero-order valence-corrected chi connectivity index (χ0v) is 10.9. The molecule has 0 bridgehead atoms. The number of anilines is 1. The Bertz CT molecular complexity index is 487. The van der Waals surface area contributed by atoms with Gasteiger partial charge in [-0.2, -0.15) is 0 Å². The van der Waals surface area contributed by atoms with Crippen molar-refractivity contribution in [3.63, 3.8) is 0 Å². The molecule has 0 spiro atoms. The van der Waals surface area contributed by atoms with E-state index in [9.17, 15) is 9.59 Å². The topological polar surface area (TPSA) is 66.4 Å². The highest BCUT2D eigenvalue weighted by Gasteiger charge is 2.16. The van der Waals surface area contributed by atoms with Crippen molar-refractivity contribution in [2.75, 3.05) is 11.1 Å². The minimum absolute atomic E-state index is 0.0578. The number of hydrogen-bond donors (Lipinski definition) is 2. The second-order valence-corrected chi connectivity index (χ2v) is 5.51. The number of amides is 1. The average molecular weight is 265 g/mol. The quantitative estimate of drug-likeness (QED) is 0.820. The van der Waals surface area contributed by atoms with Gasteiger partial charge in [0.1, 0.15) is 0 Å². The number of aliphatic carboxylic acids is 1. The molecule has 1 aromatic rings. The second-order valence-electron chi connectivity index (χ2n) is 4.42. The van der Waals surface area contributed by atoms with Crippen LogP contribution in [0.1, 0.15) is 18.9 Å². The number of thioether (sulfide) groups is 1. The van der Waals surface area contributed by atoms with Gasteiger partial charge in [0, 0.05) is 22.8 Å². The van der Waals surface area contributed by atoms with Crippen LogP contribution in [0, 0.1) is 5.92 Å². The van der Waals surface area contributed by atoms with E-state index >= 15 is 0 Å². The van der Waals surface area contributed by atoms with E-state index < -0.39 is 5.97 Å². The van der Waals surface area contributed by atoms with Gasteiger partial charge < -0.3 is 10.4 Å². The minimum atomic E-state index is -0.771. The Kier molecular flexibility index (Phi) is 3.91. The first kappa shape index (κ1) is 13.0. The maximum absolute atomic E-state index is 11.2. The molecule has 2 rings (SSSR count). The maximum Gasteiger partial charge on any atom is 0.307 e. The van der Waals surface area contributed by atoms with Crippen molar-refractivity contribution in [3.05, 3.63) is 23.8 Å². The highest BCUT2D eigenvalue weighted by molar-refractivity contribution is 7.99. The van der Waals surface area contributed by atoms with Gasteiger partial charge in [0.2, 0.25) is 5.91 Å². The van der Waals surface area contributed by atoms with Crippen LogP contribution in [0.15, 0.2) is 23.1 Å². The Morgan fingerprint density at radius 3 is 3.00 bits per heavy atom. The van der Waals surface area contributed by atoms with Gasteiger partial charge in [-0.25, -0.2) is 0 Å². The molecule has 0 aromatic heterocycles. The molecule has 2 N–H and O–H groups in total. The molecule has 96 valence electrons. The van der Waals surface area contributed by atoms with Gasteiger partial charge in [-0.05, 0) is 30.2 Å². The molecular weight excluding hydrogens is 250 g/mol. The largest absolute Gasteiger partial charge is 0.481 e. The van der Waals surface area contributed by atoms with Gasteiger partial charge in [0.05, 0.1) is 5.92 Å². The lowest BCUT2D eigenvalue weighted by molar-refractivity contribution is -0.140. The number of carboxylic acids is 1. The fourth-order valence-electron chi connectivity index (χ4n) is 1.74. The van der Waals surface area contributed by atoms with Gasteiger partial charge in [-0.15, -0.1) is 11.8 Å². The number of nitrogens with one attached hydrogen (secondary N) is 1. The van der Waals surface area contributed by atoms with Crippen LogP contribution >= 0.6 is 11.8 Å². The summed E-state index contributed by atoms with van der Waals surface area (Å²) in [6, 6.07) is 5.85. The third kappa shape index (κ3) is 3.04. The van der Waals surface area contributed by atoms with Crippen molar-refractivity contribution < 1.29 is 14.7 Å². The summed E-state index contributed by atoms with van der Waals surface area (Å²) in [5, 5.41) is 11.6. The zero-order valence-electron chi connectivity index (χ0n) is 10.1. The molecule has 1 aliphatic heterocycles. The maximum atomic E-state index is 11.2. The third-order valence-electron chi connectivity index (χ3n) is 2.89. The molecule has 1 aromatic carbocycles. The standard InChI is InChI=1S/C13H15NO3S/c1-8(13(16)17)7-18-10-3-4-11-9(6-10)2-5-12(15)14-11/h3-4,6,8H,2,5,7H2,1H3,(H,14,15)(H,16,17). The molecule has 0 radical (unpaired) electrons. The molecular formula is C13H15NO3S. The molecule has 0 saturated carbocycles. The van der Waals surface area contributed by atoms with Gasteiger partial charge in [0.15, 0.2) is 0 Å². The van der Waals surface area contributed by atoms with E-state index in [0.717, 1.165) is 22.6 Å². The van der Waals surface area contributed by atoms with E-state index in [1.165, 1.54) is 11.8 Å². The molecule has 0 aliphatic carbocycles. The first-order valence-corrected chi connectivity index (χ1v) is 6.83. The molecule has 1 unspecified atom stereocenters. The van der Waals surface area contributed by atoms with Gasteiger partial charge in [-0.1, -0.05) is 6.92 Å². The fourth-order valence-corrected chi connectivity index (χ4v) is 2.72. The zero-order chi connectivity index (χ0) is 13.1. The van der Waals surface area contributed by atoms with E-state index in [2.05, 4.69) is 5.32 Å². The van der Waals surface area contributed by atoms with Gasteiger partial charge in [0.25, 0.3) is 0 Å². The summed E-state index contributed by atoms with van der Waals surface area (Å²) in [5.74, 6) is -0.513. The van der Waals surface area contributed by atoms with Crippen molar-refractivity contribution >= 4 is 29.3 Å². The van der Waals surface area contributed by atoms with Crippen molar-refractivity contribution in [1.29, 1.82) is 0 Å². The van der Waals surface area contributed by atoms with Crippen molar-refractivity contribution in [3.8, 4) is 0 Å². The smallest absolute Gasteiger partial charge is 0.307 e. The summed E-state index contributed by atoms with van der Waals surface area (Å²) < 4.78 is 0. The van der Waals surface area contributed by atoms with Gasteiger partial charge >= 0.3 is 5.97 Å². The van der Waals surface area contributed by atoms with Crippen LogP contribution < -0.4 is 5.32 Å². The summed E-state index contributed by atoms with van der Waals surface area (Å²) in [4.78, 5) is 23.0. The summed E-state index contributed by atoms with van der Waals surface area (Å²) in [6.45, 7) is 1.70. The molecule has 0 saturated heterocycles. The SMILES string of the molecule is CC(CSc1ccc2c(c1)CCC(=O)N2)C(=O)O. The van der Waals surface area contributed by atoms with E-state index in [-0.39, 0.29) is 11.8 Å². The van der Waals surface area contributed by atoms with Crippen molar-refractivity contribution in [2.45, 2.75) is 24.7 Å². The number of carboxylic acid groups (broad SMARTS) is 1. The van der Waals surface area contributed by atoms with E-state index in [4.69, 9.17) is 5.11 Å². The highest BCUT2D eigenvalue weighted by atomic mass is 32.2. The summed E-state index contributed by atoms with van der Waals surface area (Å²) in [5.41, 5.74) is 2.00. The molecule has 18 heavy (non-hydrogen) atoms. The number of rotatable bonds is 4. The molecule has 1 amide bonds. The Morgan fingerprint density at radius 1 is 1.50 bits per heavy atom. The van der Waals surface area contributed by atoms with Crippen molar-refractivity contribution in [1.82, 2.24) is 0 Å². The van der Waals surface area contributed by atoms with Crippen LogP contribution in [-0.4, -0.2) is 22.7 Å². The Hall–Kier alpha value is -1.49. The predicted octanol–water partition coefficient (Wildman–Crippen LogP) is 2.38. The van der Waals surface area contributed by atoms with E-state index in [1.54, 1.807) is 6.92 Å². The van der Waals surface area contributed by atoms with Crippen LogP contribution in [-0.2, 0) is 16.0 Å². The van der Waals surface area contributed by atoms with Crippen LogP contribution in [0.3, 0.4) is 0 Å².